The molecule has 5 heteroatoms. The minimum Gasteiger partial charge on any atom is -0.493 e. The molecule has 1 N–H and O–H groups in total. The molecule has 0 aliphatic carbocycles. The highest BCUT2D eigenvalue weighted by atomic mass is 16.5. The number of fused-ring (bicyclic) bond motifs is 1. The molecule has 0 spiro atoms. The first kappa shape index (κ1) is 19.2. The first-order valence-electron chi connectivity index (χ1n) is 10.2. The van der Waals surface area contributed by atoms with E-state index >= 15 is 0 Å². The van der Waals surface area contributed by atoms with Crippen LogP contribution in [0.25, 0.3) is 6.08 Å². The highest BCUT2D eigenvalue weighted by Crippen LogP contribution is 2.32. The molecule has 2 amide bonds. The van der Waals surface area contributed by atoms with Crippen LogP contribution in [0, 0.1) is 5.92 Å². The molecule has 0 aromatic heterocycles. The van der Waals surface area contributed by atoms with E-state index in [9.17, 15) is 9.59 Å². The molecule has 150 valence electrons. The Morgan fingerprint density at radius 3 is 2.48 bits per heavy atom. The smallest absolute Gasteiger partial charge is 0.246 e. The number of ether oxygens (including phenoxy) is 1. The number of benzene rings is 2. The molecule has 0 saturated carbocycles. The van der Waals surface area contributed by atoms with Gasteiger partial charge in [-0.25, -0.2) is 0 Å². The summed E-state index contributed by atoms with van der Waals surface area (Å²) in [7, 11) is 0. The lowest BCUT2D eigenvalue weighted by molar-refractivity contribution is -0.132. The van der Waals surface area contributed by atoms with Gasteiger partial charge in [-0.1, -0.05) is 48.5 Å². The van der Waals surface area contributed by atoms with Crippen molar-refractivity contribution in [3.63, 3.8) is 0 Å². The fourth-order valence-corrected chi connectivity index (χ4v) is 3.98. The van der Waals surface area contributed by atoms with Gasteiger partial charge in [0.2, 0.25) is 11.8 Å². The van der Waals surface area contributed by atoms with Crippen molar-refractivity contribution in [2.75, 3.05) is 19.7 Å². The Balaban J connectivity index is 1.29. The van der Waals surface area contributed by atoms with Gasteiger partial charge < -0.3 is 15.0 Å². The number of nitrogens with zero attached hydrogens (tertiary/aromatic N) is 1. The summed E-state index contributed by atoms with van der Waals surface area (Å²) in [5.41, 5.74) is 2.05. The van der Waals surface area contributed by atoms with Gasteiger partial charge in [-0.05, 0) is 30.5 Å². The maximum atomic E-state index is 12.8. The topological polar surface area (TPSA) is 58.6 Å². The van der Waals surface area contributed by atoms with E-state index < -0.39 is 0 Å². The Kier molecular flexibility index (Phi) is 5.94. The van der Waals surface area contributed by atoms with E-state index in [0.29, 0.717) is 32.5 Å². The molecular weight excluding hydrogens is 364 g/mol. The molecule has 2 aliphatic heterocycles. The fraction of sp³-hybridized carbons (Fsp3) is 0.333. The van der Waals surface area contributed by atoms with Crippen molar-refractivity contribution >= 4 is 17.9 Å². The van der Waals surface area contributed by atoms with Crippen LogP contribution in [0.5, 0.6) is 5.75 Å². The normalized spacial score (nSPS) is 19.4. The first-order chi connectivity index (χ1) is 14.2. The van der Waals surface area contributed by atoms with Crippen molar-refractivity contribution in [1.29, 1.82) is 0 Å². The van der Waals surface area contributed by atoms with Crippen molar-refractivity contribution in [2.45, 2.75) is 25.3 Å². The van der Waals surface area contributed by atoms with Crippen LogP contribution in [0.15, 0.2) is 60.7 Å². The second-order valence-electron chi connectivity index (χ2n) is 7.58. The molecule has 4 rings (SSSR count). The third-order valence-electron chi connectivity index (χ3n) is 5.67. The van der Waals surface area contributed by atoms with E-state index in [1.807, 2.05) is 65.6 Å². The summed E-state index contributed by atoms with van der Waals surface area (Å²) in [4.78, 5) is 27.0. The van der Waals surface area contributed by atoms with E-state index in [0.717, 1.165) is 23.3 Å². The van der Waals surface area contributed by atoms with Gasteiger partial charge in [-0.3, -0.25) is 9.59 Å². The minimum absolute atomic E-state index is 0.000849. The van der Waals surface area contributed by atoms with Gasteiger partial charge in [-0.15, -0.1) is 0 Å². The second-order valence-corrected chi connectivity index (χ2v) is 7.58. The maximum Gasteiger partial charge on any atom is 0.246 e. The highest BCUT2D eigenvalue weighted by molar-refractivity contribution is 5.92. The molecule has 2 heterocycles. The van der Waals surface area contributed by atoms with E-state index in [-0.39, 0.29) is 23.8 Å². The molecule has 2 aromatic carbocycles. The number of para-hydroxylation sites is 1. The largest absolute Gasteiger partial charge is 0.493 e. The van der Waals surface area contributed by atoms with Crippen LogP contribution in [-0.4, -0.2) is 36.4 Å². The molecule has 1 saturated heterocycles. The van der Waals surface area contributed by atoms with Crippen LogP contribution < -0.4 is 10.1 Å². The summed E-state index contributed by atoms with van der Waals surface area (Å²) in [6.07, 6.45) is 5.63. The Hall–Kier alpha value is -3.08. The van der Waals surface area contributed by atoms with Crippen molar-refractivity contribution in [3.05, 3.63) is 71.8 Å². The summed E-state index contributed by atoms with van der Waals surface area (Å²) in [6.45, 7) is 1.84. The second kappa shape index (κ2) is 8.95. The molecule has 2 aliphatic rings. The zero-order valence-electron chi connectivity index (χ0n) is 16.4. The lowest BCUT2D eigenvalue weighted by Gasteiger charge is -2.32. The number of hydrogen-bond acceptors (Lipinski definition) is 3. The number of amides is 2. The van der Waals surface area contributed by atoms with E-state index in [1.54, 1.807) is 6.08 Å². The third kappa shape index (κ3) is 4.67. The zero-order chi connectivity index (χ0) is 20.1. The molecule has 5 nitrogen and oxygen atoms in total. The number of nitrogens with one attached hydrogen (secondary N) is 1. The van der Waals surface area contributed by atoms with Crippen LogP contribution >= 0.6 is 0 Å². The van der Waals surface area contributed by atoms with Gasteiger partial charge in [0.15, 0.2) is 0 Å². The summed E-state index contributed by atoms with van der Waals surface area (Å²) in [6, 6.07) is 17.7. The first-order valence-corrected chi connectivity index (χ1v) is 10.2. The molecule has 2 aromatic rings. The number of rotatable bonds is 4. The van der Waals surface area contributed by atoms with Gasteiger partial charge in [0.05, 0.1) is 12.6 Å². The molecule has 1 unspecified atom stereocenters. The zero-order valence-corrected chi connectivity index (χ0v) is 16.4. The van der Waals surface area contributed by atoms with Crippen molar-refractivity contribution in [2.24, 2.45) is 5.92 Å². The van der Waals surface area contributed by atoms with Crippen molar-refractivity contribution in [3.8, 4) is 5.75 Å². The summed E-state index contributed by atoms with van der Waals surface area (Å²) >= 11 is 0. The van der Waals surface area contributed by atoms with Gasteiger partial charge in [0.25, 0.3) is 0 Å². The third-order valence-corrected chi connectivity index (χ3v) is 5.67. The summed E-state index contributed by atoms with van der Waals surface area (Å²) in [5, 5.41) is 3.20. The van der Waals surface area contributed by atoms with Crippen LogP contribution in [-0.2, 0) is 9.59 Å². The Morgan fingerprint density at radius 2 is 1.69 bits per heavy atom. The minimum atomic E-state index is -0.0489. The van der Waals surface area contributed by atoms with Gasteiger partial charge in [0, 0.05) is 37.1 Å². The lowest BCUT2D eigenvalue weighted by atomic mass is 9.94. The summed E-state index contributed by atoms with van der Waals surface area (Å²) in [5.74, 6) is 0.895. The van der Waals surface area contributed by atoms with Crippen LogP contribution in [0.4, 0.5) is 0 Å². The SMILES string of the molecule is O=C(NC1CCOc2ccccc21)C1CCN(C(=O)/C=C/c2ccccc2)CC1. The standard InChI is InChI=1S/C24H26N2O3/c27-23(11-10-18-6-2-1-3-7-18)26-15-12-19(13-16-26)24(28)25-21-14-17-29-22-9-5-4-8-20(21)22/h1-11,19,21H,12-17H2,(H,25,28)/b11-10+. The van der Waals surface area contributed by atoms with E-state index in [4.69, 9.17) is 4.74 Å². The Labute approximate surface area is 171 Å². The molecule has 1 atom stereocenters. The number of carbonyl (C=O) groups excluding carboxylic acids is 2. The van der Waals surface area contributed by atoms with Crippen LogP contribution in [0.1, 0.15) is 36.4 Å². The van der Waals surface area contributed by atoms with Crippen molar-refractivity contribution < 1.29 is 14.3 Å². The number of piperidine rings is 1. The average molecular weight is 390 g/mol. The van der Waals surface area contributed by atoms with Crippen LogP contribution in [0.2, 0.25) is 0 Å². The predicted molar refractivity (Wildman–Crippen MR) is 112 cm³/mol. The number of likely N-dealkylation sites (tertiary alicyclic amines) is 1. The van der Waals surface area contributed by atoms with Crippen molar-refractivity contribution in [1.82, 2.24) is 10.2 Å². The van der Waals surface area contributed by atoms with Gasteiger partial charge in [-0.2, -0.15) is 0 Å². The van der Waals surface area contributed by atoms with Gasteiger partial charge in [0.1, 0.15) is 5.75 Å². The van der Waals surface area contributed by atoms with Crippen LogP contribution in [0.3, 0.4) is 0 Å². The molecule has 0 radical (unpaired) electrons. The molecule has 1 fully saturated rings. The molecule has 0 bridgehead atoms. The van der Waals surface area contributed by atoms with Gasteiger partial charge >= 0.3 is 0 Å². The van der Waals surface area contributed by atoms with E-state index in [1.165, 1.54) is 0 Å². The average Bonchev–Trinajstić information content (AvgIpc) is 2.78. The number of hydrogen-bond donors (Lipinski definition) is 1. The predicted octanol–water partition coefficient (Wildman–Crippen LogP) is 3.58. The Morgan fingerprint density at radius 1 is 0.966 bits per heavy atom. The lowest BCUT2D eigenvalue weighted by Crippen LogP contribution is -2.43. The van der Waals surface area contributed by atoms with E-state index in [2.05, 4.69) is 5.32 Å². The fourth-order valence-electron chi connectivity index (χ4n) is 3.98. The maximum absolute atomic E-state index is 12.8. The molecular formula is C24H26N2O3. The Bertz CT molecular complexity index is 886. The molecule has 29 heavy (non-hydrogen) atoms. The monoisotopic (exact) mass is 390 g/mol. The quantitative estimate of drug-likeness (QED) is 0.812. The highest BCUT2D eigenvalue weighted by Gasteiger charge is 2.29. The number of carbonyl (C=O) groups is 2. The summed E-state index contributed by atoms with van der Waals surface area (Å²) < 4.78 is 5.67.